The predicted octanol–water partition coefficient (Wildman–Crippen LogP) is 3.63. The van der Waals surface area contributed by atoms with Gasteiger partial charge in [0.15, 0.2) is 0 Å². The second kappa shape index (κ2) is 5.42. The highest BCUT2D eigenvalue weighted by atomic mass is 32.1. The second-order valence-corrected chi connectivity index (χ2v) is 7.93. The van der Waals surface area contributed by atoms with Crippen LogP contribution in [0.1, 0.15) is 57.6 Å². The molecular weight excluding hydrogens is 296 g/mol. The third-order valence-electron chi connectivity index (χ3n) is 4.46. The summed E-state index contributed by atoms with van der Waals surface area (Å²) in [5, 5.41) is 11.7. The first kappa shape index (κ1) is 14.3. The molecule has 1 atom stereocenters. The van der Waals surface area contributed by atoms with Gasteiger partial charge >= 0.3 is 0 Å². The average Bonchev–Trinajstić information content (AvgIpc) is 3.01. The normalized spacial score (nSPS) is 24.5. The smallest absolute Gasteiger partial charge is 0.145 e. The molecule has 5 nitrogen and oxygen atoms in total. The van der Waals surface area contributed by atoms with E-state index in [2.05, 4.69) is 29.5 Å². The Bertz CT molecular complexity index is 659. The molecule has 0 bridgehead atoms. The lowest BCUT2D eigenvalue weighted by Gasteiger charge is -2.35. The summed E-state index contributed by atoms with van der Waals surface area (Å²) in [5.74, 6) is 0.693. The number of rotatable bonds is 4. The zero-order valence-corrected chi connectivity index (χ0v) is 14.0. The zero-order valence-electron chi connectivity index (χ0n) is 13.2. The molecule has 0 radical (unpaired) electrons. The fraction of sp³-hybridized carbons (Fsp3) is 0.688. The van der Waals surface area contributed by atoms with Crippen LogP contribution < -0.4 is 0 Å². The van der Waals surface area contributed by atoms with Crippen molar-refractivity contribution >= 4 is 11.3 Å². The van der Waals surface area contributed by atoms with Crippen LogP contribution in [0, 0.1) is 0 Å². The van der Waals surface area contributed by atoms with Crippen molar-refractivity contribution in [2.75, 3.05) is 0 Å². The van der Waals surface area contributed by atoms with Gasteiger partial charge in [-0.15, -0.1) is 16.4 Å². The molecule has 2 aromatic rings. The topological polar surface area (TPSA) is 52.8 Å². The van der Waals surface area contributed by atoms with Crippen LogP contribution in [0.5, 0.6) is 0 Å². The molecule has 2 aromatic heterocycles. The van der Waals surface area contributed by atoms with E-state index in [1.807, 2.05) is 10.9 Å². The molecule has 22 heavy (non-hydrogen) atoms. The molecular formula is C16H22N4OS. The van der Waals surface area contributed by atoms with Crippen LogP contribution in [0.25, 0.3) is 10.7 Å². The van der Waals surface area contributed by atoms with E-state index < -0.39 is 0 Å². The van der Waals surface area contributed by atoms with Gasteiger partial charge in [0.05, 0.1) is 30.1 Å². The summed E-state index contributed by atoms with van der Waals surface area (Å²) in [6, 6.07) is 0. The molecule has 6 heteroatoms. The van der Waals surface area contributed by atoms with E-state index in [4.69, 9.17) is 9.72 Å². The third kappa shape index (κ3) is 3.08. The fourth-order valence-electron chi connectivity index (χ4n) is 3.12. The maximum Gasteiger partial charge on any atom is 0.145 e. The quantitative estimate of drug-likeness (QED) is 0.864. The summed E-state index contributed by atoms with van der Waals surface area (Å²) in [5.41, 5.74) is 2.10. The Kier molecular flexibility index (Phi) is 3.53. The zero-order chi connectivity index (χ0) is 15.2. The predicted molar refractivity (Wildman–Crippen MR) is 85.9 cm³/mol. The van der Waals surface area contributed by atoms with Crippen molar-refractivity contribution in [3.8, 4) is 10.7 Å². The van der Waals surface area contributed by atoms with Crippen molar-refractivity contribution in [1.29, 1.82) is 0 Å². The summed E-state index contributed by atoms with van der Waals surface area (Å²) >= 11 is 1.67. The van der Waals surface area contributed by atoms with E-state index in [1.54, 1.807) is 11.3 Å². The Morgan fingerprint density at radius 3 is 3.00 bits per heavy atom. The van der Waals surface area contributed by atoms with Crippen LogP contribution in [0.3, 0.4) is 0 Å². The molecule has 4 rings (SSSR count). The van der Waals surface area contributed by atoms with Gasteiger partial charge in [-0.1, -0.05) is 5.21 Å². The van der Waals surface area contributed by atoms with E-state index in [0.29, 0.717) is 5.92 Å². The van der Waals surface area contributed by atoms with Gasteiger partial charge in [0.1, 0.15) is 10.7 Å². The first-order valence-electron chi connectivity index (χ1n) is 8.13. The molecule has 0 spiro atoms. The molecule has 2 aliphatic rings. The van der Waals surface area contributed by atoms with Gasteiger partial charge in [0, 0.05) is 11.3 Å². The van der Waals surface area contributed by atoms with Gasteiger partial charge in [-0.05, 0) is 46.0 Å². The van der Waals surface area contributed by atoms with Crippen molar-refractivity contribution in [3.05, 3.63) is 17.3 Å². The van der Waals surface area contributed by atoms with Crippen molar-refractivity contribution in [2.45, 2.75) is 70.1 Å². The first-order valence-corrected chi connectivity index (χ1v) is 9.01. The van der Waals surface area contributed by atoms with E-state index in [9.17, 15) is 0 Å². The van der Waals surface area contributed by atoms with Crippen LogP contribution in [0.15, 0.2) is 11.6 Å². The minimum absolute atomic E-state index is 0.0131. The lowest BCUT2D eigenvalue weighted by atomic mass is 9.95. The van der Waals surface area contributed by atoms with Crippen LogP contribution in [-0.4, -0.2) is 31.7 Å². The molecule has 1 unspecified atom stereocenters. The third-order valence-corrected chi connectivity index (χ3v) is 5.34. The first-order chi connectivity index (χ1) is 10.6. The maximum atomic E-state index is 6.13. The minimum atomic E-state index is -0.0131. The maximum absolute atomic E-state index is 6.13. The van der Waals surface area contributed by atoms with E-state index in [-0.39, 0.29) is 11.7 Å². The van der Waals surface area contributed by atoms with E-state index in [0.717, 1.165) is 30.1 Å². The molecule has 1 saturated heterocycles. The molecule has 2 fully saturated rings. The monoisotopic (exact) mass is 318 g/mol. The highest BCUT2D eigenvalue weighted by Crippen LogP contribution is 2.41. The van der Waals surface area contributed by atoms with Crippen molar-refractivity contribution in [3.63, 3.8) is 0 Å². The van der Waals surface area contributed by atoms with Crippen LogP contribution in [0.2, 0.25) is 0 Å². The Balaban J connectivity index is 1.44. The Hall–Kier alpha value is -1.27. The highest BCUT2D eigenvalue weighted by molar-refractivity contribution is 7.13. The number of nitrogens with zero attached hydrogens (tertiary/aromatic N) is 4. The van der Waals surface area contributed by atoms with Crippen LogP contribution in [0.4, 0.5) is 0 Å². The summed E-state index contributed by atoms with van der Waals surface area (Å²) < 4.78 is 8.04. The van der Waals surface area contributed by atoms with Gasteiger partial charge in [-0.2, -0.15) is 0 Å². The van der Waals surface area contributed by atoms with E-state index >= 15 is 0 Å². The number of aromatic nitrogens is 4. The highest BCUT2D eigenvalue weighted by Gasteiger charge is 2.29. The van der Waals surface area contributed by atoms with Crippen LogP contribution >= 0.6 is 11.3 Å². The Morgan fingerprint density at radius 2 is 2.23 bits per heavy atom. The van der Waals surface area contributed by atoms with Gasteiger partial charge in [0.25, 0.3) is 0 Å². The largest absolute Gasteiger partial charge is 0.370 e. The molecule has 0 amide bonds. The summed E-state index contributed by atoms with van der Waals surface area (Å²) in [4.78, 5) is 4.70. The lowest BCUT2D eigenvalue weighted by Crippen LogP contribution is -2.37. The summed E-state index contributed by atoms with van der Waals surface area (Å²) in [6.45, 7) is 5.11. The average molecular weight is 318 g/mol. The molecule has 1 aliphatic heterocycles. The van der Waals surface area contributed by atoms with Crippen molar-refractivity contribution in [1.82, 2.24) is 20.0 Å². The van der Waals surface area contributed by atoms with Gasteiger partial charge in [-0.25, -0.2) is 9.67 Å². The fourth-order valence-corrected chi connectivity index (χ4v) is 3.97. The molecule has 1 aliphatic carbocycles. The molecule has 1 saturated carbocycles. The number of ether oxygens (including phenoxy) is 1. The second-order valence-electron chi connectivity index (χ2n) is 7.07. The summed E-state index contributed by atoms with van der Waals surface area (Å²) in [7, 11) is 0. The molecule has 0 N–H and O–H groups in total. The Morgan fingerprint density at radius 1 is 1.36 bits per heavy atom. The minimum Gasteiger partial charge on any atom is -0.370 e. The van der Waals surface area contributed by atoms with Crippen LogP contribution in [-0.2, 0) is 11.3 Å². The SMILES string of the molecule is CC1(C)CCCC(Cn2cc(-c3nc(C4CC4)cs3)nn2)O1. The van der Waals surface area contributed by atoms with Gasteiger partial charge in [0.2, 0.25) is 0 Å². The van der Waals surface area contributed by atoms with Crippen molar-refractivity contribution < 1.29 is 4.74 Å². The summed E-state index contributed by atoms with van der Waals surface area (Å²) in [6.07, 6.45) is 8.25. The van der Waals surface area contributed by atoms with E-state index in [1.165, 1.54) is 25.0 Å². The molecule has 0 aromatic carbocycles. The standard InChI is InChI=1S/C16H22N4OS/c1-16(2)7-3-4-12(21-16)8-20-9-13(18-19-20)15-17-14(10-22-15)11-5-6-11/h9-12H,3-8H2,1-2H3. The van der Waals surface area contributed by atoms with Gasteiger partial charge in [-0.3, -0.25) is 0 Å². The molecule has 3 heterocycles. The van der Waals surface area contributed by atoms with Crippen molar-refractivity contribution in [2.24, 2.45) is 0 Å². The lowest BCUT2D eigenvalue weighted by molar-refractivity contribution is -0.113. The number of hydrogen-bond acceptors (Lipinski definition) is 5. The van der Waals surface area contributed by atoms with Gasteiger partial charge < -0.3 is 4.74 Å². The molecule has 118 valence electrons. The number of hydrogen-bond donors (Lipinski definition) is 0. The Labute approximate surface area is 134 Å². The number of thiazole rings is 1.